The summed E-state index contributed by atoms with van der Waals surface area (Å²) in [7, 11) is 0. The smallest absolute Gasteiger partial charge is 0.201 e. The Morgan fingerprint density at radius 2 is 1.60 bits per heavy atom. The van der Waals surface area contributed by atoms with Gasteiger partial charge < -0.3 is 9.47 Å². The molecule has 0 heterocycles. The van der Waals surface area contributed by atoms with Crippen molar-refractivity contribution in [2.45, 2.75) is 97.3 Å². The first-order valence-corrected chi connectivity index (χ1v) is 14.9. The zero-order valence-corrected chi connectivity index (χ0v) is 23.6. The van der Waals surface area contributed by atoms with E-state index in [1.165, 1.54) is 44.9 Å². The van der Waals surface area contributed by atoms with Gasteiger partial charge in [0.25, 0.3) is 0 Å². The lowest BCUT2D eigenvalue weighted by Gasteiger charge is -2.43. The second-order valence-corrected chi connectivity index (χ2v) is 12.0. The summed E-state index contributed by atoms with van der Waals surface area (Å²) >= 11 is 2.06. The average Bonchev–Trinajstić information content (AvgIpc) is 2.88. The Kier molecular flexibility index (Phi) is 9.56. The summed E-state index contributed by atoms with van der Waals surface area (Å²) in [5, 5.41) is 0.928. The first kappa shape index (κ1) is 26.9. The van der Waals surface area contributed by atoms with E-state index < -0.39 is 11.6 Å². The molecular formula is C30H41F2IO2. The highest BCUT2D eigenvalue weighted by Gasteiger charge is 2.38. The summed E-state index contributed by atoms with van der Waals surface area (Å²) in [6, 6.07) is 5.33. The van der Waals surface area contributed by atoms with Gasteiger partial charge in [0, 0.05) is 10.8 Å². The topological polar surface area (TPSA) is 18.5 Å². The number of hydrogen-bond acceptors (Lipinski definition) is 2. The summed E-state index contributed by atoms with van der Waals surface area (Å²) in [5.74, 6) is 0.656. The Balaban J connectivity index is 1.48. The number of rotatable bonds is 10. The Labute approximate surface area is 223 Å². The van der Waals surface area contributed by atoms with Gasteiger partial charge in [-0.05, 0) is 90.5 Å². The molecule has 0 radical (unpaired) electrons. The second kappa shape index (κ2) is 12.4. The van der Waals surface area contributed by atoms with Crippen molar-refractivity contribution in [3.05, 3.63) is 33.4 Å². The van der Waals surface area contributed by atoms with Gasteiger partial charge in [0.1, 0.15) is 5.75 Å². The van der Waals surface area contributed by atoms with Crippen LogP contribution < -0.4 is 9.47 Å². The molecule has 2 saturated carbocycles. The van der Waals surface area contributed by atoms with Crippen molar-refractivity contribution < 1.29 is 18.3 Å². The number of ether oxygens (including phenoxy) is 2. The molecule has 0 unspecified atom stereocenters. The highest BCUT2D eigenvalue weighted by Crippen LogP contribution is 2.47. The Hall–Kier alpha value is -1.11. The molecule has 2 aliphatic rings. The van der Waals surface area contributed by atoms with Crippen LogP contribution in [0.25, 0.3) is 10.8 Å². The molecule has 2 aliphatic carbocycles. The number of benzene rings is 2. The van der Waals surface area contributed by atoms with Crippen molar-refractivity contribution in [3.8, 4) is 11.5 Å². The largest absolute Gasteiger partial charge is 0.492 e. The van der Waals surface area contributed by atoms with E-state index in [1.807, 2.05) is 12.1 Å². The molecule has 0 aliphatic heterocycles. The second-order valence-electron chi connectivity index (χ2n) is 11.0. The van der Waals surface area contributed by atoms with E-state index in [0.717, 1.165) is 50.4 Å². The third kappa shape index (κ3) is 6.24. The van der Waals surface area contributed by atoms with Crippen LogP contribution in [0.15, 0.2) is 18.2 Å². The quantitative estimate of drug-likeness (QED) is 0.200. The molecule has 2 aromatic rings. The van der Waals surface area contributed by atoms with Gasteiger partial charge in [0.15, 0.2) is 11.6 Å². The third-order valence-corrected chi connectivity index (χ3v) is 9.60. The van der Waals surface area contributed by atoms with Crippen molar-refractivity contribution in [1.29, 1.82) is 0 Å². The zero-order chi connectivity index (χ0) is 24.8. The lowest BCUT2D eigenvalue weighted by molar-refractivity contribution is 0.0456. The predicted molar refractivity (Wildman–Crippen MR) is 148 cm³/mol. The van der Waals surface area contributed by atoms with Gasteiger partial charge in [0.2, 0.25) is 5.82 Å². The lowest BCUT2D eigenvalue weighted by Crippen LogP contribution is -2.35. The lowest BCUT2D eigenvalue weighted by atomic mass is 9.64. The van der Waals surface area contributed by atoms with E-state index in [1.54, 1.807) is 6.07 Å². The van der Waals surface area contributed by atoms with Crippen molar-refractivity contribution >= 4 is 33.4 Å². The number of hydrogen-bond donors (Lipinski definition) is 0. The van der Waals surface area contributed by atoms with E-state index in [0.29, 0.717) is 27.9 Å². The molecule has 0 spiro atoms. The van der Waals surface area contributed by atoms with Gasteiger partial charge in [-0.1, -0.05) is 64.9 Å². The van der Waals surface area contributed by atoms with Crippen LogP contribution in [-0.2, 0) is 0 Å². The zero-order valence-electron chi connectivity index (χ0n) is 21.4. The number of halogens is 3. The highest BCUT2D eigenvalue weighted by molar-refractivity contribution is 14.1. The Bertz CT molecular complexity index is 978. The van der Waals surface area contributed by atoms with Crippen molar-refractivity contribution in [3.63, 3.8) is 0 Å². The normalized spacial score (nSPS) is 23.5. The van der Waals surface area contributed by atoms with Crippen LogP contribution in [0.5, 0.6) is 11.5 Å². The summed E-state index contributed by atoms with van der Waals surface area (Å²) in [4.78, 5) is 0. The molecule has 0 aromatic heterocycles. The van der Waals surface area contributed by atoms with Crippen molar-refractivity contribution in [1.82, 2.24) is 0 Å². The van der Waals surface area contributed by atoms with Crippen LogP contribution in [0.4, 0.5) is 8.78 Å². The number of fused-ring (bicyclic) bond motifs is 1. The van der Waals surface area contributed by atoms with Gasteiger partial charge >= 0.3 is 0 Å². The molecule has 2 nitrogen and oxygen atoms in total. The fraction of sp³-hybridized carbons (Fsp3) is 0.667. The maximum Gasteiger partial charge on any atom is 0.201 e. The monoisotopic (exact) mass is 598 g/mol. The molecule has 35 heavy (non-hydrogen) atoms. The van der Waals surface area contributed by atoms with E-state index in [4.69, 9.17) is 9.47 Å². The molecule has 5 heteroatoms. The van der Waals surface area contributed by atoms with Gasteiger partial charge in [-0.2, -0.15) is 4.39 Å². The van der Waals surface area contributed by atoms with Crippen LogP contribution in [0.2, 0.25) is 0 Å². The molecule has 0 atom stereocenters. The summed E-state index contributed by atoms with van der Waals surface area (Å²) < 4.78 is 42.9. The van der Waals surface area contributed by atoms with Crippen LogP contribution in [-0.4, -0.2) is 13.2 Å². The molecule has 2 aromatic carbocycles. The predicted octanol–water partition coefficient (Wildman–Crippen LogP) is 9.84. The SMILES string of the molecule is CCCCOc1ccc2cc(OC[C@]3(CCC)CC[C@@H](C4CCCCC4)CC3)c(F)c(F)c2c1I. The first-order chi connectivity index (χ1) is 17.0. The minimum absolute atomic E-state index is 0.0373. The van der Waals surface area contributed by atoms with Crippen molar-refractivity contribution in [2.24, 2.45) is 17.3 Å². The van der Waals surface area contributed by atoms with E-state index in [2.05, 4.69) is 36.4 Å². The highest BCUT2D eigenvalue weighted by atomic mass is 127. The maximum atomic E-state index is 15.2. The first-order valence-electron chi connectivity index (χ1n) is 13.8. The third-order valence-electron chi connectivity index (χ3n) is 8.53. The molecule has 0 bridgehead atoms. The van der Waals surface area contributed by atoms with Gasteiger partial charge in [-0.15, -0.1) is 0 Å². The Morgan fingerprint density at radius 3 is 2.29 bits per heavy atom. The van der Waals surface area contributed by atoms with Crippen LogP contribution >= 0.6 is 22.6 Å². The number of unbranched alkanes of at least 4 members (excludes halogenated alkanes) is 1. The van der Waals surface area contributed by atoms with E-state index in [-0.39, 0.29) is 16.6 Å². The maximum absolute atomic E-state index is 15.2. The van der Waals surface area contributed by atoms with E-state index in [9.17, 15) is 0 Å². The van der Waals surface area contributed by atoms with Crippen LogP contribution in [0.1, 0.15) is 97.3 Å². The molecule has 0 N–H and O–H groups in total. The summed E-state index contributed by atoms with van der Waals surface area (Å²) in [6.07, 6.45) is 15.9. The van der Waals surface area contributed by atoms with Crippen LogP contribution in [0, 0.1) is 32.5 Å². The standard InChI is InChI=1S/C30H41F2IO2/c1-3-5-18-34-24-12-11-23-19-25(27(31)28(32)26(23)29(24)33)35-20-30(15-4-2)16-13-22(14-17-30)21-9-7-6-8-10-21/h11-12,19,21-22H,3-10,13-18,20H2,1-2H3/t22-,30-. The fourth-order valence-electron chi connectivity index (χ4n) is 6.44. The molecule has 194 valence electrons. The van der Waals surface area contributed by atoms with Gasteiger partial charge in [-0.25, -0.2) is 4.39 Å². The van der Waals surface area contributed by atoms with Crippen molar-refractivity contribution in [2.75, 3.05) is 13.2 Å². The average molecular weight is 599 g/mol. The van der Waals surface area contributed by atoms with Gasteiger partial charge in [0.05, 0.1) is 16.8 Å². The molecule has 2 fully saturated rings. The summed E-state index contributed by atoms with van der Waals surface area (Å²) in [5.41, 5.74) is 0.0726. The van der Waals surface area contributed by atoms with E-state index >= 15 is 8.78 Å². The minimum Gasteiger partial charge on any atom is -0.492 e. The molecule has 4 rings (SSSR count). The Morgan fingerprint density at radius 1 is 0.886 bits per heavy atom. The van der Waals surface area contributed by atoms with Crippen LogP contribution in [0.3, 0.4) is 0 Å². The molecule has 0 saturated heterocycles. The minimum atomic E-state index is -0.885. The summed E-state index contributed by atoms with van der Waals surface area (Å²) in [6.45, 7) is 5.35. The fourth-order valence-corrected chi connectivity index (χ4v) is 7.32. The van der Waals surface area contributed by atoms with Gasteiger partial charge in [-0.3, -0.25) is 0 Å². The molecule has 0 amide bonds. The molecular weight excluding hydrogens is 557 g/mol.